The van der Waals surface area contributed by atoms with Crippen LogP contribution in [-0.2, 0) is 27.1 Å². The maximum atomic E-state index is 7.55. The number of benzene rings is 4. The Hall–Kier alpha value is -3.23. The van der Waals surface area contributed by atoms with Crippen LogP contribution in [0, 0.1) is 6.92 Å². The summed E-state index contributed by atoms with van der Waals surface area (Å²) in [6, 6.07) is 27.4. The molecule has 0 aliphatic heterocycles. The molecular weight excluding hydrogens is 604 g/mol. The molecule has 0 fully saturated rings. The number of rotatable bonds is 5. The number of fused-ring (bicyclic) bond motifs is 1. The van der Waals surface area contributed by atoms with Crippen LogP contribution in [0.1, 0.15) is 136 Å². The number of aryl methyl sites for hydroxylation is 1. The van der Waals surface area contributed by atoms with Gasteiger partial charge < -0.3 is 10.2 Å². The van der Waals surface area contributed by atoms with E-state index in [0.717, 1.165) is 34.0 Å². The topological polar surface area (TPSA) is 15.3 Å². The van der Waals surface area contributed by atoms with Gasteiger partial charge in [0.05, 0.1) is 16.4 Å². The van der Waals surface area contributed by atoms with E-state index in [4.69, 9.17) is 11.6 Å². The fourth-order valence-electron chi connectivity index (χ4n) is 6.97. The lowest BCUT2D eigenvalue weighted by Crippen LogP contribution is -2.33. The Balaban J connectivity index is 1.73. The van der Waals surface area contributed by atoms with Crippen LogP contribution in [0.5, 0.6) is 0 Å². The summed E-state index contributed by atoms with van der Waals surface area (Å²) in [5.74, 6) is 0. The van der Waals surface area contributed by atoms with Crippen molar-refractivity contribution in [1.82, 2.24) is 0 Å². The second kappa shape index (κ2) is 12.3. The summed E-state index contributed by atoms with van der Waals surface area (Å²) in [6.45, 7) is 32.3. The van der Waals surface area contributed by atoms with Crippen molar-refractivity contribution in [3.05, 3.63) is 111 Å². The van der Waals surface area contributed by atoms with Crippen molar-refractivity contribution in [3.8, 4) is 0 Å². The zero-order chi connectivity index (χ0) is 35.6. The van der Waals surface area contributed by atoms with Crippen molar-refractivity contribution in [2.24, 2.45) is 0 Å². The lowest BCUT2D eigenvalue weighted by molar-refractivity contribution is 0.332. The van der Waals surface area contributed by atoms with Gasteiger partial charge in [0.2, 0.25) is 0 Å². The van der Waals surface area contributed by atoms with Crippen LogP contribution in [0.4, 0.5) is 28.4 Å². The molecule has 0 spiro atoms. The Morgan fingerprint density at radius 2 is 1.15 bits per heavy atom. The first-order valence-electron chi connectivity index (χ1n) is 17.8. The predicted molar refractivity (Wildman–Crippen MR) is 212 cm³/mol. The molecule has 1 aliphatic carbocycles. The van der Waals surface area contributed by atoms with Gasteiger partial charge in [0.25, 0.3) is 0 Å². The van der Waals surface area contributed by atoms with Gasteiger partial charge in [-0.25, -0.2) is 0 Å². The lowest BCUT2D eigenvalue weighted by Gasteiger charge is -2.42. The summed E-state index contributed by atoms with van der Waals surface area (Å²) >= 11 is 7.55. The standard InChI is InChI=1S/C45H59ClN2/c1-29-22-38(47-33-18-19-36-37(28-33)45(13,14)21-20-44(36,11)12)40(46)39(23-29)48(34-17-15-16-30(25-34)41(2,3)4)35-26-31(42(5,6)7)24-32(27-35)43(8,9)10/h15-19,22-28,47H,20-21H2,1-14H3. The molecule has 4 aromatic carbocycles. The van der Waals surface area contributed by atoms with Gasteiger partial charge in [0.15, 0.2) is 0 Å². The third kappa shape index (κ3) is 7.35. The molecule has 3 heteroatoms. The fraction of sp³-hybridized carbons (Fsp3) is 0.467. The second-order valence-electron chi connectivity index (χ2n) is 18.7. The molecule has 2 nitrogen and oxygen atoms in total. The van der Waals surface area contributed by atoms with E-state index < -0.39 is 0 Å². The van der Waals surface area contributed by atoms with Crippen molar-refractivity contribution in [1.29, 1.82) is 0 Å². The van der Waals surface area contributed by atoms with Crippen LogP contribution < -0.4 is 10.2 Å². The second-order valence-corrected chi connectivity index (χ2v) is 19.1. The highest BCUT2D eigenvalue weighted by Gasteiger charge is 2.37. The Morgan fingerprint density at radius 1 is 0.604 bits per heavy atom. The molecular formula is C45H59ClN2. The monoisotopic (exact) mass is 662 g/mol. The molecule has 5 rings (SSSR count). The smallest absolute Gasteiger partial charge is 0.0881 e. The average molecular weight is 663 g/mol. The summed E-state index contributed by atoms with van der Waals surface area (Å²) in [5.41, 5.74) is 13.4. The van der Waals surface area contributed by atoms with Gasteiger partial charge in [0.1, 0.15) is 0 Å². The first kappa shape index (κ1) is 36.1. The quantitative estimate of drug-likeness (QED) is 0.229. The Morgan fingerprint density at radius 3 is 1.71 bits per heavy atom. The zero-order valence-corrected chi connectivity index (χ0v) is 32.9. The molecule has 0 saturated heterocycles. The third-order valence-corrected chi connectivity index (χ3v) is 10.8. The van der Waals surface area contributed by atoms with E-state index in [1.807, 2.05) is 0 Å². The third-order valence-electron chi connectivity index (χ3n) is 10.4. The summed E-state index contributed by atoms with van der Waals surface area (Å²) in [6.07, 6.45) is 2.38. The molecule has 0 atom stereocenters. The van der Waals surface area contributed by atoms with Gasteiger partial charge in [-0.2, -0.15) is 0 Å². The summed E-state index contributed by atoms with van der Waals surface area (Å²) in [5, 5.41) is 4.48. The number of nitrogens with zero attached hydrogens (tertiary/aromatic N) is 1. The number of anilines is 5. The molecule has 4 aromatic rings. The van der Waals surface area contributed by atoms with E-state index in [-0.39, 0.29) is 27.1 Å². The summed E-state index contributed by atoms with van der Waals surface area (Å²) in [7, 11) is 0. The van der Waals surface area contributed by atoms with Crippen LogP contribution in [0.25, 0.3) is 0 Å². The highest BCUT2D eigenvalue weighted by Crippen LogP contribution is 2.49. The molecule has 0 bridgehead atoms. The SMILES string of the molecule is Cc1cc(Nc2ccc3c(c2)C(C)(C)CCC3(C)C)c(Cl)c(N(c2cccc(C(C)(C)C)c2)c2cc(C(C)(C)C)cc(C(C)(C)C)c2)c1. The maximum Gasteiger partial charge on any atom is 0.0881 e. The Bertz CT molecular complexity index is 1790. The zero-order valence-electron chi connectivity index (χ0n) is 32.2. The highest BCUT2D eigenvalue weighted by molar-refractivity contribution is 6.36. The number of nitrogens with one attached hydrogen (secondary N) is 1. The van der Waals surface area contributed by atoms with Gasteiger partial charge in [-0.05, 0) is 129 Å². The Kier molecular flexibility index (Phi) is 9.22. The largest absolute Gasteiger partial charge is 0.354 e. The average Bonchev–Trinajstić information content (AvgIpc) is 2.97. The van der Waals surface area contributed by atoms with E-state index in [0.29, 0.717) is 5.02 Å². The van der Waals surface area contributed by atoms with Crippen LogP contribution in [-0.4, -0.2) is 0 Å². The number of halogens is 1. The fourth-order valence-corrected chi connectivity index (χ4v) is 7.21. The molecule has 0 unspecified atom stereocenters. The predicted octanol–water partition coefficient (Wildman–Crippen LogP) is 14.1. The highest BCUT2D eigenvalue weighted by atomic mass is 35.5. The molecule has 0 radical (unpaired) electrons. The molecule has 0 amide bonds. The van der Waals surface area contributed by atoms with E-state index in [1.54, 1.807) is 0 Å². The van der Waals surface area contributed by atoms with Gasteiger partial charge in [-0.1, -0.05) is 126 Å². The van der Waals surface area contributed by atoms with Crippen molar-refractivity contribution in [2.45, 2.75) is 137 Å². The van der Waals surface area contributed by atoms with Gasteiger partial charge in [-0.15, -0.1) is 0 Å². The molecule has 1 N–H and O–H groups in total. The molecule has 0 heterocycles. The Labute approximate surface area is 297 Å². The normalized spacial score (nSPS) is 16.0. The van der Waals surface area contributed by atoms with Crippen LogP contribution in [0.3, 0.4) is 0 Å². The first-order chi connectivity index (χ1) is 22.0. The summed E-state index contributed by atoms with van der Waals surface area (Å²) < 4.78 is 0. The van der Waals surface area contributed by atoms with E-state index >= 15 is 0 Å². The molecule has 0 saturated carbocycles. The van der Waals surface area contributed by atoms with E-state index in [1.165, 1.54) is 40.7 Å². The van der Waals surface area contributed by atoms with Crippen molar-refractivity contribution in [3.63, 3.8) is 0 Å². The van der Waals surface area contributed by atoms with E-state index in [2.05, 4.69) is 180 Å². The van der Waals surface area contributed by atoms with Crippen LogP contribution in [0.2, 0.25) is 5.02 Å². The lowest BCUT2D eigenvalue weighted by atomic mass is 9.63. The minimum atomic E-state index is -0.0210. The van der Waals surface area contributed by atoms with Crippen molar-refractivity contribution >= 4 is 40.0 Å². The van der Waals surface area contributed by atoms with Gasteiger partial charge >= 0.3 is 0 Å². The van der Waals surface area contributed by atoms with Crippen LogP contribution in [0.15, 0.2) is 72.8 Å². The molecule has 48 heavy (non-hydrogen) atoms. The van der Waals surface area contributed by atoms with Crippen molar-refractivity contribution in [2.75, 3.05) is 10.2 Å². The summed E-state index contributed by atoms with van der Waals surface area (Å²) in [4.78, 5) is 2.37. The minimum Gasteiger partial charge on any atom is -0.354 e. The number of hydrogen-bond donors (Lipinski definition) is 1. The molecule has 0 aromatic heterocycles. The molecule has 1 aliphatic rings. The maximum absolute atomic E-state index is 7.55. The minimum absolute atomic E-state index is 0.00339. The van der Waals surface area contributed by atoms with Crippen LogP contribution >= 0.6 is 11.6 Å². The van der Waals surface area contributed by atoms with Gasteiger partial charge in [-0.3, -0.25) is 0 Å². The molecule has 256 valence electrons. The number of hydrogen-bond acceptors (Lipinski definition) is 2. The van der Waals surface area contributed by atoms with Crippen molar-refractivity contribution < 1.29 is 0 Å². The van der Waals surface area contributed by atoms with Gasteiger partial charge in [0, 0.05) is 17.1 Å². The van der Waals surface area contributed by atoms with E-state index in [9.17, 15) is 0 Å². The first-order valence-corrected chi connectivity index (χ1v) is 18.1.